The predicted octanol–water partition coefficient (Wildman–Crippen LogP) is 2.20. The first-order valence-electron chi connectivity index (χ1n) is 6.16. The minimum absolute atomic E-state index is 0.870. The Kier molecular flexibility index (Phi) is 4.21. The first-order valence-corrected chi connectivity index (χ1v) is 6.16. The summed E-state index contributed by atoms with van der Waals surface area (Å²) in [6.45, 7) is 2.29. The van der Waals surface area contributed by atoms with Gasteiger partial charge < -0.3 is 5.32 Å². The molecule has 1 saturated carbocycles. The number of aryl methyl sites for hydroxylation is 1. The van der Waals surface area contributed by atoms with Crippen molar-refractivity contribution in [3.8, 4) is 0 Å². The van der Waals surface area contributed by atoms with Crippen LogP contribution in [0.2, 0.25) is 0 Å². The van der Waals surface area contributed by atoms with Gasteiger partial charge in [-0.3, -0.25) is 4.68 Å². The van der Waals surface area contributed by atoms with Crippen molar-refractivity contribution in [1.82, 2.24) is 15.1 Å². The average molecular weight is 207 g/mol. The number of rotatable bonds is 8. The van der Waals surface area contributed by atoms with E-state index in [2.05, 4.69) is 10.4 Å². The van der Waals surface area contributed by atoms with E-state index < -0.39 is 0 Å². The third-order valence-electron chi connectivity index (χ3n) is 2.88. The highest BCUT2D eigenvalue weighted by Gasteiger charge is 2.19. The fourth-order valence-electron chi connectivity index (χ4n) is 1.78. The number of nitrogens with one attached hydrogen (secondary N) is 1. The third kappa shape index (κ3) is 4.47. The first kappa shape index (κ1) is 10.7. The Bertz CT molecular complexity index is 252. The summed E-state index contributed by atoms with van der Waals surface area (Å²) in [5.74, 6) is 0. The van der Waals surface area contributed by atoms with Gasteiger partial charge in [0.15, 0.2) is 0 Å². The maximum Gasteiger partial charge on any atom is 0.0489 e. The standard InChI is InChI=1S/C12H21N3/c1(3-8-13-12-6-7-12)2-4-10-15-11-5-9-14-15/h5,9,11-13H,1-4,6-8,10H2. The van der Waals surface area contributed by atoms with Crippen molar-refractivity contribution in [2.75, 3.05) is 6.54 Å². The van der Waals surface area contributed by atoms with Gasteiger partial charge in [-0.05, 0) is 38.3 Å². The van der Waals surface area contributed by atoms with Crippen molar-refractivity contribution in [1.29, 1.82) is 0 Å². The highest BCUT2D eigenvalue weighted by Crippen LogP contribution is 2.18. The topological polar surface area (TPSA) is 29.9 Å². The van der Waals surface area contributed by atoms with Crippen LogP contribution in [0.4, 0.5) is 0 Å². The Hall–Kier alpha value is -0.830. The third-order valence-corrected chi connectivity index (χ3v) is 2.88. The van der Waals surface area contributed by atoms with Gasteiger partial charge in [-0.1, -0.05) is 12.8 Å². The zero-order valence-corrected chi connectivity index (χ0v) is 9.36. The molecule has 1 aromatic rings. The van der Waals surface area contributed by atoms with E-state index in [1.807, 2.05) is 23.1 Å². The molecule has 0 aromatic carbocycles. The lowest BCUT2D eigenvalue weighted by Gasteiger charge is -2.03. The van der Waals surface area contributed by atoms with Gasteiger partial charge in [-0.15, -0.1) is 0 Å². The second kappa shape index (κ2) is 5.91. The van der Waals surface area contributed by atoms with Crippen LogP contribution in [0.1, 0.15) is 38.5 Å². The van der Waals surface area contributed by atoms with Crippen molar-refractivity contribution >= 4 is 0 Å². The van der Waals surface area contributed by atoms with E-state index in [1.54, 1.807) is 0 Å². The summed E-state index contributed by atoms with van der Waals surface area (Å²) in [6, 6.07) is 2.86. The summed E-state index contributed by atoms with van der Waals surface area (Å²) >= 11 is 0. The van der Waals surface area contributed by atoms with Gasteiger partial charge in [0.25, 0.3) is 0 Å². The molecule has 2 rings (SSSR count). The molecule has 84 valence electrons. The van der Waals surface area contributed by atoms with Crippen LogP contribution in [0.25, 0.3) is 0 Å². The molecule has 0 atom stereocenters. The molecule has 3 nitrogen and oxygen atoms in total. The zero-order valence-electron chi connectivity index (χ0n) is 9.36. The smallest absolute Gasteiger partial charge is 0.0489 e. The molecule has 1 fully saturated rings. The highest BCUT2D eigenvalue weighted by molar-refractivity contribution is 4.80. The SMILES string of the molecule is c1cnn(CCCCCCNC2CC2)c1. The summed E-state index contributed by atoms with van der Waals surface area (Å²) in [4.78, 5) is 0. The second-order valence-corrected chi connectivity index (χ2v) is 4.41. The second-order valence-electron chi connectivity index (χ2n) is 4.41. The number of nitrogens with zero attached hydrogens (tertiary/aromatic N) is 2. The van der Waals surface area contributed by atoms with Crippen LogP contribution in [0, 0.1) is 0 Å². The summed E-state index contributed by atoms with van der Waals surface area (Å²) < 4.78 is 2.02. The quantitative estimate of drug-likeness (QED) is 0.662. The van der Waals surface area contributed by atoms with Gasteiger partial charge in [0.1, 0.15) is 0 Å². The van der Waals surface area contributed by atoms with Crippen LogP contribution in [-0.4, -0.2) is 22.4 Å². The van der Waals surface area contributed by atoms with Crippen LogP contribution in [-0.2, 0) is 6.54 Å². The molecule has 0 spiro atoms. The summed E-state index contributed by atoms with van der Waals surface area (Å²) in [5.41, 5.74) is 0. The fourth-order valence-corrected chi connectivity index (χ4v) is 1.78. The van der Waals surface area contributed by atoms with E-state index >= 15 is 0 Å². The van der Waals surface area contributed by atoms with Gasteiger partial charge >= 0.3 is 0 Å². The Morgan fingerprint density at radius 1 is 1.20 bits per heavy atom. The monoisotopic (exact) mass is 207 g/mol. The molecule has 1 heterocycles. The Labute approximate surface area is 91.9 Å². The zero-order chi connectivity index (χ0) is 10.3. The van der Waals surface area contributed by atoms with Gasteiger partial charge in [-0.25, -0.2) is 0 Å². The van der Waals surface area contributed by atoms with Crippen LogP contribution in [0.5, 0.6) is 0 Å². The van der Waals surface area contributed by atoms with Crippen molar-refractivity contribution in [2.45, 2.75) is 51.1 Å². The molecule has 15 heavy (non-hydrogen) atoms. The highest BCUT2D eigenvalue weighted by atomic mass is 15.3. The normalized spacial score (nSPS) is 15.7. The fraction of sp³-hybridized carbons (Fsp3) is 0.750. The Balaban J connectivity index is 1.38. The molecular formula is C12H21N3. The van der Waals surface area contributed by atoms with E-state index in [4.69, 9.17) is 0 Å². The van der Waals surface area contributed by atoms with E-state index in [-0.39, 0.29) is 0 Å². The van der Waals surface area contributed by atoms with E-state index in [9.17, 15) is 0 Å². The van der Waals surface area contributed by atoms with E-state index in [0.717, 1.165) is 12.6 Å². The average Bonchev–Trinajstić information content (AvgIpc) is 2.92. The summed E-state index contributed by atoms with van der Waals surface area (Å²) in [7, 11) is 0. The molecule has 0 bridgehead atoms. The van der Waals surface area contributed by atoms with E-state index in [1.165, 1.54) is 45.1 Å². The van der Waals surface area contributed by atoms with Gasteiger partial charge in [-0.2, -0.15) is 5.10 Å². The van der Waals surface area contributed by atoms with Crippen LogP contribution >= 0.6 is 0 Å². The maximum absolute atomic E-state index is 4.19. The molecular weight excluding hydrogens is 186 g/mol. The van der Waals surface area contributed by atoms with Gasteiger partial charge in [0.05, 0.1) is 0 Å². The molecule has 1 aliphatic carbocycles. The van der Waals surface area contributed by atoms with Crippen LogP contribution in [0.15, 0.2) is 18.5 Å². The molecule has 3 heteroatoms. The van der Waals surface area contributed by atoms with Crippen LogP contribution in [0.3, 0.4) is 0 Å². The molecule has 0 unspecified atom stereocenters. The Morgan fingerprint density at radius 2 is 2.07 bits per heavy atom. The molecule has 1 aromatic heterocycles. The molecule has 0 aliphatic heterocycles. The van der Waals surface area contributed by atoms with Gasteiger partial charge in [0, 0.05) is 25.0 Å². The first-order chi connectivity index (χ1) is 7.45. The molecule has 1 N–H and O–H groups in total. The lowest BCUT2D eigenvalue weighted by molar-refractivity contribution is 0.524. The number of hydrogen-bond donors (Lipinski definition) is 1. The van der Waals surface area contributed by atoms with Crippen molar-refractivity contribution in [3.63, 3.8) is 0 Å². The maximum atomic E-state index is 4.19. The summed E-state index contributed by atoms with van der Waals surface area (Å²) in [5, 5.41) is 7.73. The molecule has 0 radical (unpaired) electrons. The number of aromatic nitrogens is 2. The minimum atomic E-state index is 0.870. The Morgan fingerprint density at radius 3 is 2.80 bits per heavy atom. The van der Waals surface area contributed by atoms with Crippen LogP contribution < -0.4 is 5.32 Å². The van der Waals surface area contributed by atoms with E-state index in [0.29, 0.717) is 0 Å². The molecule has 0 saturated heterocycles. The van der Waals surface area contributed by atoms with Crippen molar-refractivity contribution in [2.24, 2.45) is 0 Å². The lowest BCUT2D eigenvalue weighted by Crippen LogP contribution is -2.17. The molecule has 1 aliphatic rings. The lowest BCUT2D eigenvalue weighted by atomic mass is 10.2. The molecule has 0 amide bonds. The minimum Gasteiger partial charge on any atom is -0.314 e. The number of unbranched alkanes of at least 4 members (excludes halogenated alkanes) is 3. The largest absolute Gasteiger partial charge is 0.314 e. The van der Waals surface area contributed by atoms with Crippen molar-refractivity contribution < 1.29 is 0 Å². The number of hydrogen-bond acceptors (Lipinski definition) is 2. The summed E-state index contributed by atoms with van der Waals surface area (Å²) in [6.07, 6.45) is 11.9. The predicted molar refractivity (Wildman–Crippen MR) is 61.7 cm³/mol. The van der Waals surface area contributed by atoms with Crippen molar-refractivity contribution in [3.05, 3.63) is 18.5 Å². The van der Waals surface area contributed by atoms with Gasteiger partial charge in [0.2, 0.25) is 0 Å².